The Kier molecular flexibility index (Phi) is 5.49. The molecule has 1 aliphatic rings. The Hall–Kier alpha value is -0.0800. The third-order valence-electron chi connectivity index (χ3n) is 3.38. The maximum atomic E-state index is 9.60. The predicted molar refractivity (Wildman–Crippen MR) is 60.4 cm³/mol. The van der Waals surface area contributed by atoms with Gasteiger partial charge in [-0.2, -0.15) is 0 Å². The summed E-state index contributed by atoms with van der Waals surface area (Å²) in [5.41, 5.74) is 0. The van der Waals surface area contributed by atoms with Crippen LogP contribution in [-0.4, -0.2) is 36.2 Å². The zero-order chi connectivity index (χ0) is 10.4. The minimum atomic E-state index is -0.0223. The zero-order valence-electron chi connectivity index (χ0n) is 9.71. The fourth-order valence-corrected chi connectivity index (χ4v) is 2.32. The highest BCUT2D eigenvalue weighted by Gasteiger charge is 2.13. The SMILES string of the molecule is CN(C)C1CCCCC(O)CCCC1. The van der Waals surface area contributed by atoms with E-state index in [1.54, 1.807) is 0 Å². The Bertz CT molecular complexity index is 135. The van der Waals surface area contributed by atoms with Gasteiger partial charge in [0.05, 0.1) is 6.10 Å². The van der Waals surface area contributed by atoms with Gasteiger partial charge < -0.3 is 10.0 Å². The van der Waals surface area contributed by atoms with Crippen LogP contribution >= 0.6 is 0 Å². The van der Waals surface area contributed by atoms with Gasteiger partial charge in [-0.3, -0.25) is 0 Å². The molecule has 1 saturated carbocycles. The Balaban J connectivity index is 2.31. The Morgan fingerprint density at radius 3 is 1.71 bits per heavy atom. The number of aliphatic hydroxyl groups excluding tert-OH is 1. The highest BCUT2D eigenvalue weighted by atomic mass is 16.3. The van der Waals surface area contributed by atoms with Crippen LogP contribution in [0.4, 0.5) is 0 Å². The molecule has 0 saturated heterocycles. The third-order valence-corrected chi connectivity index (χ3v) is 3.38. The second kappa shape index (κ2) is 6.41. The third kappa shape index (κ3) is 4.43. The van der Waals surface area contributed by atoms with E-state index >= 15 is 0 Å². The molecule has 0 aromatic heterocycles. The van der Waals surface area contributed by atoms with E-state index in [0.29, 0.717) is 0 Å². The number of hydrogen-bond donors (Lipinski definition) is 1. The number of hydrogen-bond acceptors (Lipinski definition) is 2. The summed E-state index contributed by atoms with van der Waals surface area (Å²) in [6.07, 6.45) is 9.57. The van der Waals surface area contributed by atoms with E-state index in [9.17, 15) is 5.11 Å². The summed E-state index contributed by atoms with van der Waals surface area (Å²) in [5, 5.41) is 9.60. The Labute approximate surface area is 88.3 Å². The average molecular weight is 199 g/mol. The largest absolute Gasteiger partial charge is 0.393 e. The summed E-state index contributed by atoms with van der Waals surface area (Å²) in [6, 6.07) is 0.769. The van der Waals surface area contributed by atoms with Crippen molar-refractivity contribution in [2.24, 2.45) is 0 Å². The van der Waals surface area contributed by atoms with Gasteiger partial charge in [-0.1, -0.05) is 25.7 Å². The van der Waals surface area contributed by atoms with Gasteiger partial charge in [0.15, 0.2) is 0 Å². The van der Waals surface area contributed by atoms with Crippen LogP contribution in [0, 0.1) is 0 Å². The van der Waals surface area contributed by atoms with Crippen LogP contribution in [0.3, 0.4) is 0 Å². The van der Waals surface area contributed by atoms with Gasteiger partial charge in [-0.25, -0.2) is 0 Å². The standard InChI is InChI=1S/C12H25NO/c1-13(2)11-7-3-5-9-12(14)10-6-4-8-11/h11-12,14H,3-10H2,1-2H3. The Morgan fingerprint density at radius 1 is 0.857 bits per heavy atom. The summed E-state index contributed by atoms with van der Waals surface area (Å²) in [7, 11) is 4.37. The van der Waals surface area contributed by atoms with E-state index in [1.807, 2.05) is 0 Å². The van der Waals surface area contributed by atoms with Gasteiger partial charge in [-0.15, -0.1) is 0 Å². The summed E-state index contributed by atoms with van der Waals surface area (Å²) in [4.78, 5) is 2.36. The lowest BCUT2D eigenvalue weighted by atomic mass is 9.96. The van der Waals surface area contributed by atoms with Crippen molar-refractivity contribution < 1.29 is 5.11 Å². The normalized spacial score (nSPS) is 31.7. The molecule has 1 aliphatic carbocycles. The molecule has 0 aromatic rings. The van der Waals surface area contributed by atoms with Crippen LogP contribution < -0.4 is 0 Å². The molecule has 0 spiro atoms. The van der Waals surface area contributed by atoms with Crippen LogP contribution in [0.5, 0.6) is 0 Å². The van der Waals surface area contributed by atoms with E-state index in [-0.39, 0.29) is 6.10 Å². The van der Waals surface area contributed by atoms with Gasteiger partial charge in [0.25, 0.3) is 0 Å². The smallest absolute Gasteiger partial charge is 0.0540 e. The predicted octanol–water partition coefficient (Wildman–Crippen LogP) is 2.41. The van der Waals surface area contributed by atoms with Gasteiger partial charge in [-0.05, 0) is 39.8 Å². The van der Waals surface area contributed by atoms with Crippen LogP contribution in [-0.2, 0) is 0 Å². The molecule has 0 aromatic carbocycles. The Morgan fingerprint density at radius 2 is 1.29 bits per heavy atom. The second-order valence-corrected chi connectivity index (χ2v) is 4.84. The van der Waals surface area contributed by atoms with Crippen molar-refractivity contribution in [3.8, 4) is 0 Å². The summed E-state index contributed by atoms with van der Waals surface area (Å²) < 4.78 is 0. The first-order chi connectivity index (χ1) is 6.70. The molecule has 2 heteroatoms. The quantitative estimate of drug-likeness (QED) is 0.701. The van der Waals surface area contributed by atoms with Gasteiger partial charge in [0.1, 0.15) is 0 Å². The van der Waals surface area contributed by atoms with Gasteiger partial charge in [0, 0.05) is 6.04 Å². The molecule has 14 heavy (non-hydrogen) atoms. The summed E-state index contributed by atoms with van der Waals surface area (Å²) in [6.45, 7) is 0. The maximum absolute atomic E-state index is 9.60. The number of rotatable bonds is 1. The molecule has 2 nitrogen and oxygen atoms in total. The average Bonchev–Trinajstić information content (AvgIpc) is 2.15. The number of nitrogens with zero attached hydrogens (tertiary/aromatic N) is 1. The molecular formula is C12H25NO. The molecule has 1 fully saturated rings. The summed E-state index contributed by atoms with van der Waals surface area (Å²) in [5.74, 6) is 0. The molecule has 0 heterocycles. The molecule has 0 unspecified atom stereocenters. The summed E-state index contributed by atoms with van der Waals surface area (Å²) >= 11 is 0. The lowest BCUT2D eigenvalue weighted by molar-refractivity contribution is 0.139. The van der Waals surface area contributed by atoms with Crippen LogP contribution in [0.2, 0.25) is 0 Å². The molecule has 0 aliphatic heterocycles. The minimum Gasteiger partial charge on any atom is -0.393 e. The van der Waals surface area contributed by atoms with Crippen molar-refractivity contribution >= 4 is 0 Å². The van der Waals surface area contributed by atoms with Crippen LogP contribution in [0.15, 0.2) is 0 Å². The van der Waals surface area contributed by atoms with Gasteiger partial charge in [0.2, 0.25) is 0 Å². The van der Waals surface area contributed by atoms with E-state index in [4.69, 9.17) is 0 Å². The highest BCUT2D eigenvalue weighted by molar-refractivity contribution is 4.69. The van der Waals surface area contributed by atoms with Crippen molar-refractivity contribution in [2.45, 2.75) is 63.5 Å². The monoisotopic (exact) mass is 199 g/mol. The molecular weight excluding hydrogens is 174 g/mol. The van der Waals surface area contributed by atoms with Crippen molar-refractivity contribution in [1.82, 2.24) is 4.90 Å². The van der Waals surface area contributed by atoms with Crippen molar-refractivity contribution in [1.29, 1.82) is 0 Å². The first-order valence-electron chi connectivity index (χ1n) is 6.04. The highest BCUT2D eigenvalue weighted by Crippen LogP contribution is 2.19. The second-order valence-electron chi connectivity index (χ2n) is 4.84. The topological polar surface area (TPSA) is 23.5 Å². The fourth-order valence-electron chi connectivity index (χ4n) is 2.32. The molecule has 1 N–H and O–H groups in total. The maximum Gasteiger partial charge on any atom is 0.0540 e. The van der Waals surface area contributed by atoms with Crippen LogP contribution in [0.1, 0.15) is 51.4 Å². The van der Waals surface area contributed by atoms with Crippen molar-refractivity contribution in [3.63, 3.8) is 0 Å². The van der Waals surface area contributed by atoms with Gasteiger partial charge >= 0.3 is 0 Å². The van der Waals surface area contributed by atoms with E-state index in [0.717, 1.165) is 18.9 Å². The fraction of sp³-hybridized carbons (Fsp3) is 1.00. The molecule has 0 amide bonds. The van der Waals surface area contributed by atoms with Crippen LogP contribution in [0.25, 0.3) is 0 Å². The zero-order valence-corrected chi connectivity index (χ0v) is 9.71. The molecule has 0 atom stereocenters. The molecule has 1 rings (SSSR count). The molecule has 0 radical (unpaired) electrons. The van der Waals surface area contributed by atoms with E-state index in [1.165, 1.54) is 38.5 Å². The lowest BCUT2D eigenvalue weighted by Gasteiger charge is -2.25. The number of aliphatic hydroxyl groups is 1. The minimum absolute atomic E-state index is 0.0223. The first kappa shape index (κ1) is 12.0. The van der Waals surface area contributed by atoms with Crippen molar-refractivity contribution in [3.05, 3.63) is 0 Å². The lowest BCUT2D eigenvalue weighted by Crippen LogP contribution is -2.28. The van der Waals surface area contributed by atoms with Crippen molar-refractivity contribution in [2.75, 3.05) is 14.1 Å². The van der Waals surface area contributed by atoms with E-state index in [2.05, 4.69) is 19.0 Å². The molecule has 84 valence electrons. The van der Waals surface area contributed by atoms with E-state index < -0.39 is 0 Å². The first-order valence-corrected chi connectivity index (χ1v) is 6.04. The molecule has 0 bridgehead atoms.